The van der Waals surface area contributed by atoms with Crippen LogP contribution in [0.3, 0.4) is 0 Å². The van der Waals surface area contributed by atoms with Gasteiger partial charge in [0, 0.05) is 6.54 Å². The summed E-state index contributed by atoms with van der Waals surface area (Å²) < 4.78 is 18.1. The molecule has 1 N–H and O–H groups in total. The lowest BCUT2D eigenvalue weighted by molar-refractivity contribution is -0.384. The highest BCUT2D eigenvalue weighted by atomic mass is 19.1. The van der Waals surface area contributed by atoms with Gasteiger partial charge in [-0.25, -0.2) is 9.18 Å². The summed E-state index contributed by atoms with van der Waals surface area (Å²) in [5, 5.41) is 13.8. The molecule has 7 heteroatoms. The lowest BCUT2D eigenvalue weighted by Crippen LogP contribution is -2.09. The van der Waals surface area contributed by atoms with Crippen molar-refractivity contribution in [1.29, 1.82) is 0 Å². The predicted octanol–water partition coefficient (Wildman–Crippen LogP) is 3.12. The average Bonchev–Trinajstić information content (AvgIpc) is 2.43. The first-order valence-electron chi connectivity index (χ1n) is 6.31. The monoisotopic (exact) mass is 284 g/mol. The van der Waals surface area contributed by atoms with Crippen LogP contribution in [0.25, 0.3) is 0 Å². The SMILES string of the molecule is CCCCCNc1cc(C(=O)OC)c(F)cc1[N+](=O)[O-]. The number of ether oxygens (including phenoxy) is 1. The van der Waals surface area contributed by atoms with E-state index in [0.717, 1.165) is 38.5 Å². The Balaban J connectivity index is 3.04. The molecule has 0 saturated heterocycles. The van der Waals surface area contributed by atoms with Crippen LogP contribution >= 0.6 is 0 Å². The maximum absolute atomic E-state index is 13.6. The Kier molecular flexibility index (Phi) is 5.89. The fourth-order valence-electron chi connectivity index (χ4n) is 1.72. The van der Waals surface area contributed by atoms with Gasteiger partial charge in [0.1, 0.15) is 11.5 Å². The molecule has 6 nitrogen and oxygen atoms in total. The number of esters is 1. The number of nitrogens with one attached hydrogen (secondary N) is 1. The number of hydrogen-bond acceptors (Lipinski definition) is 5. The molecule has 0 aromatic heterocycles. The van der Waals surface area contributed by atoms with Gasteiger partial charge in [0.25, 0.3) is 5.69 Å². The third-order valence-electron chi connectivity index (χ3n) is 2.78. The number of carbonyl (C=O) groups is 1. The van der Waals surface area contributed by atoms with Gasteiger partial charge < -0.3 is 10.1 Å². The van der Waals surface area contributed by atoms with E-state index in [0.29, 0.717) is 6.54 Å². The van der Waals surface area contributed by atoms with Crippen molar-refractivity contribution in [3.8, 4) is 0 Å². The summed E-state index contributed by atoms with van der Waals surface area (Å²) in [6.45, 7) is 2.55. The van der Waals surface area contributed by atoms with E-state index in [4.69, 9.17) is 0 Å². The normalized spacial score (nSPS) is 10.2. The number of methoxy groups -OCH3 is 1. The molecule has 0 heterocycles. The fourth-order valence-corrected chi connectivity index (χ4v) is 1.72. The van der Waals surface area contributed by atoms with Gasteiger partial charge in [-0.1, -0.05) is 19.8 Å². The van der Waals surface area contributed by atoms with E-state index in [9.17, 15) is 19.3 Å². The highest BCUT2D eigenvalue weighted by Gasteiger charge is 2.22. The molecule has 20 heavy (non-hydrogen) atoms. The van der Waals surface area contributed by atoms with Crippen molar-refractivity contribution in [2.75, 3.05) is 19.0 Å². The number of benzene rings is 1. The Morgan fingerprint density at radius 2 is 2.15 bits per heavy atom. The van der Waals surface area contributed by atoms with Crippen LogP contribution in [0, 0.1) is 15.9 Å². The Bertz CT molecular complexity index is 505. The minimum absolute atomic E-state index is 0.118. The van der Waals surface area contributed by atoms with E-state index >= 15 is 0 Å². The van der Waals surface area contributed by atoms with Gasteiger partial charge in [-0.2, -0.15) is 0 Å². The zero-order valence-corrected chi connectivity index (χ0v) is 11.4. The number of carbonyl (C=O) groups excluding carboxylic acids is 1. The van der Waals surface area contributed by atoms with Crippen LogP contribution in [-0.2, 0) is 4.74 Å². The molecular weight excluding hydrogens is 267 g/mol. The molecule has 0 atom stereocenters. The van der Waals surface area contributed by atoms with Gasteiger partial charge in [0.2, 0.25) is 0 Å². The fraction of sp³-hybridized carbons (Fsp3) is 0.462. The minimum Gasteiger partial charge on any atom is -0.465 e. The number of anilines is 1. The Morgan fingerprint density at radius 1 is 1.45 bits per heavy atom. The molecule has 0 aliphatic rings. The second-order valence-electron chi connectivity index (χ2n) is 4.23. The van der Waals surface area contributed by atoms with Gasteiger partial charge >= 0.3 is 5.97 Å². The second kappa shape index (κ2) is 7.42. The number of hydrogen-bond donors (Lipinski definition) is 1. The van der Waals surface area contributed by atoms with Gasteiger partial charge in [-0.3, -0.25) is 10.1 Å². The average molecular weight is 284 g/mol. The lowest BCUT2D eigenvalue weighted by Gasteiger charge is -2.09. The minimum atomic E-state index is -0.970. The largest absolute Gasteiger partial charge is 0.465 e. The number of unbranched alkanes of at least 4 members (excludes halogenated alkanes) is 2. The molecule has 0 spiro atoms. The quantitative estimate of drug-likeness (QED) is 0.360. The Labute approximate surface area is 116 Å². The third kappa shape index (κ3) is 3.91. The number of halogens is 1. The molecule has 1 rings (SSSR count). The van der Waals surface area contributed by atoms with Crippen molar-refractivity contribution < 1.29 is 18.8 Å². The molecule has 0 fully saturated rings. The van der Waals surface area contributed by atoms with Crippen LogP contribution in [-0.4, -0.2) is 24.5 Å². The number of nitro groups is 1. The highest BCUT2D eigenvalue weighted by Crippen LogP contribution is 2.28. The summed E-state index contributed by atoms with van der Waals surface area (Å²) >= 11 is 0. The van der Waals surface area contributed by atoms with E-state index in [2.05, 4.69) is 10.1 Å². The summed E-state index contributed by atoms with van der Waals surface area (Å²) in [5.74, 6) is -1.84. The van der Waals surface area contributed by atoms with Crippen molar-refractivity contribution in [3.05, 3.63) is 33.6 Å². The maximum Gasteiger partial charge on any atom is 0.340 e. The molecular formula is C13H17FN2O4. The first kappa shape index (κ1) is 15.9. The zero-order chi connectivity index (χ0) is 15.1. The maximum atomic E-state index is 13.6. The molecule has 0 bridgehead atoms. The highest BCUT2D eigenvalue weighted by molar-refractivity contribution is 5.91. The molecule has 0 aliphatic heterocycles. The molecule has 0 unspecified atom stereocenters. The summed E-state index contributed by atoms with van der Waals surface area (Å²) in [6, 6.07) is 1.85. The number of nitro benzene ring substituents is 1. The Hall–Kier alpha value is -2.18. The van der Waals surface area contributed by atoms with Crippen molar-refractivity contribution in [3.63, 3.8) is 0 Å². The topological polar surface area (TPSA) is 81.5 Å². The Morgan fingerprint density at radius 3 is 2.70 bits per heavy atom. The molecule has 110 valence electrons. The van der Waals surface area contributed by atoms with Crippen LogP contribution < -0.4 is 5.32 Å². The molecule has 1 aromatic carbocycles. The van der Waals surface area contributed by atoms with Gasteiger partial charge in [0.05, 0.1) is 23.7 Å². The molecule has 1 aromatic rings. The summed E-state index contributed by atoms with van der Waals surface area (Å²) in [5.41, 5.74) is -0.601. The molecule has 0 aliphatic carbocycles. The van der Waals surface area contributed by atoms with Crippen LogP contribution in [0.15, 0.2) is 12.1 Å². The van der Waals surface area contributed by atoms with Crippen molar-refractivity contribution in [2.24, 2.45) is 0 Å². The van der Waals surface area contributed by atoms with E-state index in [1.165, 1.54) is 0 Å². The van der Waals surface area contributed by atoms with Crippen LogP contribution in [0.5, 0.6) is 0 Å². The summed E-state index contributed by atoms with van der Waals surface area (Å²) in [4.78, 5) is 21.6. The van der Waals surface area contributed by atoms with E-state index in [-0.39, 0.29) is 11.3 Å². The third-order valence-corrected chi connectivity index (χ3v) is 2.78. The zero-order valence-electron chi connectivity index (χ0n) is 11.4. The van der Waals surface area contributed by atoms with Crippen LogP contribution in [0.4, 0.5) is 15.8 Å². The van der Waals surface area contributed by atoms with Crippen molar-refractivity contribution >= 4 is 17.3 Å². The van der Waals surface area contributed by atoms with Crippen molar-refractivity contribution in [2.45, 2.75) is 26.2 Å². The van der Waals surface area contributed by atoms with Crippen molar-refractivity contribution in [1.82, 2.24) is 0 Å². The molecule has 0 saturated carbocycles. The van der Waals surface area contributed by atoms with Gasteiger partial charge in [-0.05, 0) is 12.5 Å². The number of nitrogens with zero attached hydrogens (tertiary/aromatic N) is 1. The van der Waals surface area contributed by atoms with E-state index in [1.54, 1.807) is 0 Å². The van der Waals surface area contributed by atoms with Gasteiger partial charge in [0.15, 0.2) is 0 Å². The first-order chi connectivity index (χ1) is 9.51. The number of rotatable bonds is 7. The van der Waals surface area contributed by atoms with E-state index in [1.807, 2.05) is 6.92 Å². The summed E-state index contributed by atoms with van der Waals surface area (Å²) in [6.07, 6.45) is 2.82. The summed E-state index contributed by atoms with van der Waals surface area (Å²) in [7, 11) is 1.12. The van der Waals surface area contributed by atoms with Crippen LogP contribution in [0.2, 0.25) is 0 Å². The molecule has 0 radical (unpaired) electrons. The standard InChI is InChI=1S/C13H17FN2O4/c1-3-4-5-6-15-11-7-9(13(17)20-2)10(14)8-12(11)16(18)19/h7-8,15H,3-6H2,1-2H3. The molecule has 0 amide bonds. The smallest absolute Gasteiger partial charge is 0.340 e. The predicted molar refractivity (Wildman–Crippen MR) is 72.4 cm³/mol. The lowest BCUT2D eigenvalue weighted by atomic mass is 10.1. The van der Waals surface area contributed by atoms with E-state index < -0.39 is 22.4 Å². The van der Waals surface area contributed by atoms with Gasteiger partial charge in [-0.15, -0.1) is 0 Å². The first-order valence-corrected chi connectivity index (χ1v) is 6.31. The second-order valence-corrected chi connectivity index (χ2v) is 4.23. The van der Waals surface area contributed by atoms with Crippen LogP contribution in [0.1, 0.15) is 36.5 Å².